The maximum absolute atomic E-state index is 11.2. The van der Waals surface area contributed by atoms with E-state index in [0.29, 0.717) is 10.6 Å². The molecule has 23 heavy (non-hydrogen) atoms. The zero-order chi connectivity index (χ0) is 16.6. The first kappa shape index (κ1) is 15.4. The largest absolute Gasteiger partial charge is 0.326 e. The molecule has 0 saturated carbocycles. The van der Waals surface area contributed by atoms with Crippen LogP contribution >= 0.6 is 11.3 Å². The van der Waals surface area contributed by atoms with Crippen molar-refractivity contribution in [2.24, 2.45) is 0 Å². The van der Waals surface area contributed by atoms with Crippen LogP contribution in [0.2, 0.25) is 0 Å². The minimum Gasteiger partial charge on any atom is -0.326 e. The Morgan fingerprint density at radius 3 is 2.57 bits per heavy atom. The van der Waals surface area contributed by atoms with Crippen LogP contribution in [0.1, 0.15) is 6.92 Å². The van der Waals surface area contributed by atoms with Gasteiger partial charge >= 0.3 is 0 Å². The molecule has 2 heterocycles. The van der Waals surface area contributed by atoms with E-state index >= 15 is 0 Å². The number of rotatable bonds is 4. The molecule has 0 unspecified atom stereocenters. The number of sulfonamides is 1. The van der Waals surface area contributed by atoms with E-state index in [-0.39, 0.29) is 11.9 Å². The molecule has 120 valence electrons. The number of thiazole rings is 1. The third kappa shape index (κ3) is 3.48. The number of hydrogen-bond acceptors (Lipinski definition) is 6. The lowest BCUT2D eigenvalue weighted by Crippen LogP contribution is -2.10. The Balaban J connectivity index is 1.95. The first-order valence-electron chi connectivity index (χ1n) is 6.52. The lowest BCUT2D eigenvalue weighted by atomic mass is 10.1. The summed E-state index contributed by atoms with van der Waals surface area (Å²) >= 11 is 1.36. The van der Waals surface area contributed by atoms with Gasteiger partial charge in [0.25, 0.3) is 5.95 Å². The van der Waals surface area contributed by atoms with Crippen molar-refractivity contribution < 1.29 is 13.2 Å². The second-order valence-electron chi connectivity index (χ2n) is 4.88. The smallest absolute Gasteiger partial charge is 0.257 e. The fourth-order valence-corrected chi connectivity index (χ4v) is 3.27. The Labute approximate surface area is 136 Å². The van der Waals surface area contributed by atoms with Gasteiger partial charge in [-0.1, -0.05) is 12.1 Å². The first-order chi connectivity index (χ1) is 10.8. The highest BCUT2D eigenvalue weighted by atomic mass is 32.2. The number of hydrogen-bond donors (Lipinski definition) is 2. The molecule has 0 aliphatic heterocycles. The van der Waals surface area contributed by atoms with E-state index in [9.17, 15) is 13.2 Å². The van der Waals surface area contributed by atoms with E-state index in [1.807, 2.05) is 17.5 Å². The average molecular weight is 351 g/mol. The number of fused-ring (bicyclic) bond motifs is 1. The number of aromatic nitrogens is 3. The van der Waals surface area contributed by atoms with Gasteiger partial charge in [-0.15, -0.1) is 16.4 Å². The number of carbonyl (C=O) groups excluding carboxylic acids is 1. The van der Waals surface area contributed by atoms with Crippen molar-refractivity contribution in [3.63, 3.8) is 0 Å². The fourth-order valence-electron chi connectivity index (χ4n) is 2.02. The molecular formula is C13H13N5O3S2. The summed E-state index contributed by atoms with van der Waals surface area (Å²) < 4.78 is 26.3. The van der Waals surface area contributed by atoms with Crippen LogP contribution in [0.4, 0.5) is 11.6 Å². The molecule has 0 fully saturated rings. The van der Waals surface area contributed by atoms with E-state index < -0.39 is 10.0 Å². The third-order valence-electron chi connectivity index (χ3n) is 2.86. The maximum Gasteiger partial charge on any atom is 0.257 e. The van der Waals surface area contributed by atoms with Crippen LogP contribution in [0.3, 0.4) is 0 Å². The minimum absolute atomic E-state index is 0.0375. The SMILES string of the molecule is CC(=O)Nc1ccc(-c2csc3nc(NS(C)(=O)=O)nn23)cc1. The van der Waals surface area contributed by atoms with Crippen LogP contribution in [0.25, 0.3) is 16.2 Å². The standard InChI is InChI=1S/C13H13N5O3S2/c1-8(19)14-10-5-3-9(4-6-10)11-7-22-13-15-12(16-18(11)13)17-23(2,20)21/h3-7H,1-2H3,(H,14,19)(H,16,17). The molecule has 10 heteroatoms. The summed E-state index contributed by atoms with van der Waals surface area (Å²) in [7, 11) is -3.42. The molecule has 0 atom stereocenters. The highest BCUT2D eigenvalue weighted by Crippen LogP contribution is 2.27. The number of anilines is 2. The van der Waals surface area contributed by atoms with Crippen molar-refractivity contribution in [2.45, 2.75) is 6.92 Å². The summed E-state index contributed by atoms with van der Waals surface area (Å²) in [4.78, 5) is 15.7. The fraction of sp³-hybridized carbons (Fsp3) is 0.154. The van der Waals surface area contributed by atoms with Crippen LogP contribution < -0.4 is 10.0 Å². The van der Waals surface area contributed by atoms with Crippen molar-refractivity contribution in [2.75, 3.05) is 16.3 Å². The van der Waals surface area contributed by atoms with E-state index in [4.69, 9.17) is 0 Å². The molecule has 1 amide bonds. The Hall–Kier alpha value is -2.46. The van der Waals surface area contributed by atoms with E-state index in [1.165, 1.54) is 18.3 Å². The number of nitrogens with one attached hydrogen (secondary N) is 2. The molecule has 1 aromatic carbocycles. The van der Waals surface area contributed by atoms with Crippen molar-refractivity contribution in [1.29, 1.82) is 0 Å². The summed E-state index contributed by atoms with van der Waals surface area (Å²) in [5, 5.41) is 8.74. The van der Waals surface area contributed by atoms with Crippen molar-refractivity contribution in [1.82, 2.24) is 14.6 Å². The Morgan fingerprint density at radius 2 is 1.96 bits per heavy atom. The molecule has 0 saturated heterocycles. The van der Waals surface area contributed by atoms with Gasteiger partial charge in [0.05, 0.1) is 11.9 Å². The van der Waals surface area contributed by atoms with Gasteiger partial charge < -0.3 is 5.32 Å². The molecule has 0 aliphatic rings. The number of amides is 1. The van der Waals surface area contributed by atoms with Crippen molar-refractivity contribution in [3.05, 3.63) is 29.6 Å². The second-order valence-corrected chi connectivity index (χ2v) is 7.47. The predicted molar refractivity (Wildman–Crippen MR) is 89.1 cm³/mol. The predicted octanol–water partition coefficient (Wildman–Crippen LogP) is 1.79. The van der Waals surface area contributed by atoms with Gasteiger partial charge in [-0.3, -0.25) is 9.52 Å². The highest BCUT2D eigenvalue weighted by molar-refractivity contribution is 7.91. The van der Waals surface area contributed by atoms with Gasteiger partial charge in [-0.25, -0.2) is 12.9 Å². The molecule has 3 aromatic rings. The zero-order valence-corrected chi connectivity index (χ0v) is 13.9. The van der Waals surface area contributed by atoms with Gasteiger partial charge in [0.1, 0.15) is 0 Å². The van der Waals surface area contributed by atoms with Crippen LogP contribution in [0, 0.1) is 0 Å². The molecular weight excluding hydrogens is 338 g/mol. The first-order valence-corrected chi connectivity index (χ1v) is 9.29. The van der Waals surface area contributed by atoms with Crippen LogP contribution in [-0.4, -0.2) is 35.2 Å². The molecule has 0 radical (unpaired) electrons. The minimum atomic E-state index is -3.42. The molecule has 2 aromatic heterocycles. The maximum atomic E-state index is 11.2. The summed E-state index contributed by atoms with van der Waals surface area (Å²) in [6, 6.07) is 7.26. The Morgan fingerprint density at radius 1 is 1.26 bits per heavy atom. The monoisotopic (exact) mass is 351 g/mol. The van der Waals surface area contributed by atoms with E-state index in [1.54, 1.807) is 16.6 Å². The summed E-state index contributed by atoms with van der Waals surface area (Å²) in [6.07, 6.45) is 1.05. The summed E-state index contributed by atoms with van der Waals surface area (Å²) in [6.45, 7) is 1.45. The van der Waals surface area contributed by atoms with Gasteiger partial charge in [-0.2, -0.15) is 4.98 Å². The average Bonchev–Trinajstić information content (AvgIpc) is 2.96. The molecule has 0 spiro atoms. The topological polar surface area (TPSA) is 105 Å². The lowest BCUT2D eigenvalue weighted by molar-refractivity contribution is -0.114. The molecule has 3 rings (SSSR count). The van der Waals surface area contributed by atoms with Gasteiger partial charge in [-0.05, 0) is 12.1 Å². The van der Waals surface area contributed by atoms with Crippen LogP contribution in [0.15, 0.2) is 29.6 Å². The quantitative estimate of drug-likeness (QED) is 0.745. The van der Waals surface area contributed by atoms with E-state index in [2.05, 4.69) is 20.1 Å². The Kier molecular flexibility index (Phi) is 3.78. The summed E-state index contributed by atoms with van der Waals surface area (Å²) in [5.74, 6) is -0.0982. The second kappa shape index (κ2) is 5.63. The van der Waals surface area contributed by atoms with Gasteiger partial charge in [0, 0.05) is 23.6 Å². The number of carbonyl (C=O) groups is 1. The molecule has 0 bridgehead atoms. The number of benzene rings is 1. The molecule has 2 N–H and O–H groups in total. The lowest BCUT2D eigenvalue weighted by Gasteiger charge is -2.03. The van der Waals surface area contributed by atoms with Gasteiger partial charge in [0.2, 0.25) is 20.9 Å². The highest BCUT2D eigenvalue weighted by Gasteiger charge is 2.13. The zero-order valence-electron chi connectivity index (χ0n) is 12.3. The summed E-state index contributed by atoms with van der Waals surface area (Å²) in [5.41, 5.74) is 2.36. The molecule has 0 aliphatic carbocycles. The van der Waals surface area contributed by atoms with Crippen molar-refractivity contribution >= 4 is 43.9 Å². The van der Waals surface area contributed by atoms with Crippen LogP contribution in [0.5, 0.6) is 0 Å². The van der Waals surface area contributed by atoms with Crippen LogP contribution in [-0.2, 0) is 14.8 Å². The molecule has 8 nitrogen and oxygen atoms in total. The normalized spacial score (nSPS) is 11.6. The number of nitrogens with zero attached hydrogens (tertiary/aromatic N) is 3. The van der Waals surface area contributed by atoms with E-state index in [0.717, 1.165) is 17.5 Å². The third-order valence-corrected chi connectivity index (χ3v) is 4.23. The Bertz CT molecular complexity index is 973. The van der Waals surface area contributed by atoms with Crippen molar-refractivity contribution in [3.8, 4) is 11.3 Å². The van der Waals surface area contributed by atoms with Gasteiger partial charge in [0.15, 0.2) is 0 Å².